The molecule has 0 aromatic heterocycles. The van der Waals surface area contributed by atoms with Crippen LogP contribution in [0.3, 0.4) is 0 Å². The van der Waals surface area contributed by atoms with Crippen LogP contribution >= 0.6 is 0 Å². The molecule has 0 saturated heterocycles. The van der Waals surface area contributed by atoms with E-state index in [0.717, 1.165) is 0 Å². The molecule has 1 unspecified atom stereocenters. The second-order valence-electron chi connectivity index (χ2n) is 2.40. The largest absolute Gasteiger partial charge is 0.477 e. The van der Waals surface area contributed by atoms with Crippen LogP contribution in [-0.4, -0.2) is 24.0 Å². The topological polar surface area (TPSA) is 66.4 Å². The molecule has 1 N–H and O–H groups in total. The number of ether oxygens (including phenoxy) is 1. The maximum atomic E-state index is 10.3. The van der Waals surface area contributed by atoms with Crippen LogP contribution in [0.25, 0.3) is 0 Å². The first-order valence-electron chi connectivity index (χ1n) is 3.04. The van der Waals surface area contributed by atoms with E-state index in [1.807, 2.05) is 13.8 Å². The Morgan fingerprint density at radius 1 is 1.60 bits per heavy atom. The molecule has 0 amide bonds. The maximum Gasteiger partial charge on any atom is 0.364 e. The van der Waals surface area contributed by atoms with Crippen molar-refractivity contribution in [2.75, 3.05) is 6.61 Å². The zero-order valence-corrected chi connectivity index (χ0v) is 6.03. The molecule has 1 radical (unpaired) electrons. The average molecular weight is 147 g/mol. The van der Waals surface area contributed by atoms with Crippen LogP contribution in [0.4, 0.5) is 0 Å². The molecular formula is C6H11O4. The molecule has 0 saturated carbocycles. The van der Waals surface area contributed by atoms with Crippen molar-refractivity contribution in [3.05, 3.63) is 0 Å². The van der Waals surface area contributed by atoms with Gasteiger partial charge in [-0.05, 0) is 5.92 Å². The van der Waals surface area contributed by atoms with Crippen LogP contribution in [0.5, 0.6) is 0 Å². The van der Waals surface area contributed by atoms with E-state index in [9.17, 15) is 9.90 Å². The third-order valence-corrected chi connectivity index (χ3v) is 0.783. The molecule has 4 heteroatoms. The fraction of sp³-hybridized carbons (Fsp3) is 0.833. The Morgan fingerprint density at radius 3 is 2.40 bits per heavy atom. The van der Waals surface area contributed by atoms with Crippen LogP contribution in [0.15, 0.2) is 0 Å². The lowest BCUT2D eigenvalue weighted by Crippen LogP contribution is -2.23. The molecule has 1 atom stereocenters. The van der Waals surface area contributed by atoms with Crippen molar-refractivity contribution in [1.29, 1.82) is 0 Å². The molecule has 0 heterocycles. The predicted molar refractivity (Wildman–Crippen MR) is 32.9 cm³/mol. The fourth-order valence-corrected chi connectivity index (χ4v) is 0.351. The van der Waals surface area contributed by atoms with Crippen molar-refractivity contribution in [3.63, 3.8) is 0 Å². The van der Waals surface area contributed by atoms with Crippen molar-refractivity contribution in [2.24, 2.45) is 5.92 Å². The highest BCUT2D eigenvalue weighted by Crippen LogP contribution is 1.95. The number of rotatable bonds is 4. The van der Waals surface area contributed by atoms with Crippen LogP contribution in [-0.2, 0) is 14.6 Å². The van der Waals surface area contributed by atoms with Gasteiger partial charge < -0.3 is 9.84 Å². The average Bonchev–Trinajstić information content (AvgIpc) is 1.82. The molecule has 4 nitrogen and oxygen atoms in total. The normalized spacial score (nSPS) is 13.6. The van der Waals surface area contributed by atoms with Gasteiger partial charge in [-0.25, -0.2) is 4.79 Å². The minimum atomic E-state index is -1.93. The lowest BCUT2D eigenvalue weighted by molar-refractivity contribution is -0.191. The molecule has 59 valence electrons. The number of hydrogen-bond donors (Lipinski definition) is 1. The summed E-state index contributed by atoms with van der Waals surface area (Å²) in [6, 6.07) is 0. The lowest BCUT2D eigenvalue weighted by Gasteiger charge is -2.06. The Kier molecular flexibility index (Phi) is 3.99. The molecule has 0 aliphatic rings. The molecule has 0 aliphatic carbocycles. The lowest BCUT2D eigenvalue weighted by atomic mass is 10.2. The van der Waals surface area contributed by atoms with Crippen molar-refractivity contribution < 1.29 is 19.7 Å². The van der Waals surface area contributed by atoms with E-state index in [4.69, 9.17) is 5.11 Å². The van der Waals surface area contributed by atoms with E-state index in [1.54, 1.807) is 0 Å². The van der Waals surface area contributed by atoms with Crippen molar-refractivity contribution in [3.8, 4) is 0 Å². The molecule has 0 bridgehead atoms. The quantitative estimate of drug-likeness (QED) is 0.589. The summed E-state index contributed by atoms with van der Waals surface area (Å²) in [5.41, 5.74) is 0. The van der Waals surface area contributed by atoms with Gasteiger partial charge in [0, 0.05) is 0 Å². The molecule has 0 spiro atoms. The smallest absolute Gasteiger partial charge is 0.364 e. The van der Waals surface area contributed by atoms with Gasteiger partial charge in [-0.1, -0.05) is 13.8 Å². The van der Waals surface area contributed by atoms with E-state index >= 15 is 0 Å². The van der Waals surface area contributed by atoms with Crippen molar-refractivity contribution in [1.82, 2.24) is 0 Å². The summed E-state index contributed by atoms with van der Waals surface area (Å²) < 4.78 is 4.41. The molecule has 0 fully saturated rings. The number of hydrogen-bond acceptors (Lipinski definition) is 2. The van der Waals surface area contributed by atoms with Crippen LogP contribution < -0.4 is 0 Å². The number of carbonyl (C=O) groups is 1. The van der Waals surface area contributed by atoms with Crippen LogP contribution in [0, 0.1) is 5.92 Å². The third-order valence-electron chi connectivity index (χ3n) is 0.783. The van der Waals surface area contributed by atoms with Crippen LogP contribution in [0.1, 0.15) is 13.8 Å². The highest BCUT2D eigenvalue weighted by atomic mass is 16.6. The van der Waals surface area contributed by atoms with E-state index < -0.39 is 12.3 Å². The molecule has 0 aromatic carbocycles. The summed E-state index contributed by atoms with van der Waals surface area (Å²) in [4.78, 5) is 9.87. The summed E-state index contributed by atoms with van der Waals surface area (Å²) in [6.45, 7) is 3.88. The Labute approximate surface area is 59.4 Å². The van der Waals surface area contributed by atoms with Crippen molar-refractivity contribution >= 4 is 5.97 Å². The van der Waals surface area contributed by atoms with Gasteiger partial charge in [0.2, 0.25) is 0 Å². The standard InChI is InChI=1S/C6H11O4/c1-4(2)3-10-6(9)5(7)8/h4,6H,3H2,1-2H3,(H,7,8). The zero-order chi connectivity index (χ0) is 8.15. The minimum Gasteiger partial charge on any atom is -0.477 e. The second-order valence-corrected chi connectivity index (χ2v) is 2.40. The summed E-state index contributed by atoms with van der Waals surface area (Å²) in [7, 11) is 0. The van der Waals surface area contributed by atoms with Gasteiger partial charge in [-0.15, -0.1) is 0 Å². The summed E-state index contributed by atoms with van der Waals surface area (Å²) in [5.74, 6) is -1.27. The number of carboxylic acid groups (broad SMARTS) is 1. The highest BCUT2D eigenvalue weighted by Gasteiger charge is 2.15. The fourth-order valence-electron chi connectivity index (χ4n) is 0.351. The molecular weight excluding hydrogens is 136 g/mol. The van der Waals surface area contributed by atoms with Gasteiger partial charge >= 0.3 is 5.97 Å². The van der Waals surface area contributed by atoms with E-state index in [1.165, 1.54) is 0 Å². The second kappa shape index (κ2) is 4.24. The van der Waals surface area contributed by atoms with Gasteiger partial charge in [0.15, 0.2) is 0 Å². The summed E-state index contributed by atoms with van der Waals surface area (Å²) >= 11 is 0. The number of carboxylic acids is 1. The molecule has 0 aromatic rings. The third kappa shape index (κ3) is 4.29. The van der Waals surface area contributed by atoms with E-state index in [-0.39, 0.29) is 12.5 Å². The summed E-state index contributed by atoms with van der Waals surface area (Å²) in [6.07, 6.45) is -1.93. The molecule has 0 aliphatic heterocycles. The Balaban J connectivity index is 3.40. The van der Waals surface area contributed by atoms with Gasteiger partial charge in [0.1, 0.15) is 0 Å². The van der Waals surface area contributed by atoms with Gasteiger partial charge in [-0.2, -0.15) is 5.11 Å². The van der Waals surface area contributed by atoms with Crippen molar-refractivity contribution in [2.45, 2.75) is 20.1 Å². The molecule has 0 rings (SSSR count). The Morgan fingerprint density at radius 2 is 2.10 bits per heavy atom. The monoisotopic (exact) mass is 147 g/mol. The van der Waals surface area contributed by atoms with Gasteiger partial charge in [-0.3, -0.25) is 0 Å². The summed E-state index contributed by atoms with van der Waals surface area (Å²) in [5, 5.41) is 18.4. The minimum absolute atomic E-state index is 0.191. The van der Waals surface area contributed by atoms with E-state index in [2.05, 4.69) is 4.74 Å². The van der Waals surface area contributed by atoms with Gasteiger partial charge in [0.05, 0.1) is 6.61 Å². The highest BCUT2D eigenvalue weighted by molar-refractivity contribution is 5.70. The predicted octanol–water partition coefficient (Wildman–Crippen LogP) is 0.500. The SMILES string of the molecule is CC(C)COC([O])C(=O)O. The van der Waals surface area contributed by atoms with E-state index in [0.29, 0.717) is 0 Å². The first-order chi connectivity index (χ1) is 4.54. The maximum absolute atomic E-state index is 10.3. The molecule has 10 heavy (non-hydrogen) atoms. The number of aliphatic carboxylic acids is 1. The van der Waals surface area contributed by atoms with Crippen LogP contribution in [0.2, 0.25) is 0 Å². The Bertz CT molecular complexity index is 110. The first kappa shape index (κ1) is 9.39. The van der Waals surface area contributed by atoms with Gasteiger partial charge in [0.25, 0.3) is 6.29 Å². The Hall–Kier alpha value is -0.610. The zero-order valence-electron chi connectivity index (χ0n) is 6.03. The first-order valence-corrected chi connectivity index (χ1v) is 3.04.